The molecule has 6 heteroatoms. The van der Waals surface area contributed by atoms with Crippen molar-refractivity contribution in [2.75, 3.05) is 13.2 Å². The number of carbonyl (C=O) groups is 1. The molecule has 0 aliphatic heterocycles. The molecule has 20 heavy (non-hydrogen) atoms. The van der Waals surface area contributed by atoms with Crippen molar-refractivity contribution in [1.82, 2.24) is 4.90 Å². The number of nitro groups is 1. The summed E-state index contributed by atoms with van der Waals surface area (Å²) in [7, 11) is 0. The van der Waals surface area contributed by atoms with E-state index in [1.165, 1.54) is 12.1 Å². The molecule has 0 atom stereocenters. The number of non-ortho nitro benzene ring substituents is 1. The van der Waals surface area contributed by atoms with Crippen LogP contribution in [0.25, 0.3) is 0 Å². The number of hydrogen-bond donors (Lipinski definition) is 1. The lowest BCUT2D eigenvalue weighted by atomic mass is 10.1. The molecule has 0 spiro atoms. The molecule has 0 saturated carbocycles. The molecule has 0 aliphatic rings. The average molecular weight is 280 g/mol. The number of amides is 1. The second-order valence-electron chi connectivity index (χ2n) is 4.86. The van der Waals surface area contributed by atoms with Crippen molar-refractivity contribution in [1.29, 1.82) is 0 Å². The zero-order valence-electron chi connectivity index (χ0n) is 11.8. The smallest absolute Gasteiger partial charge is 0.269 e. The number of nitrogens with zero attached hydrogens (tertiary/aromatic N) is 2. The van der Waals surface area contributed by atoms with E-state index >= 15 is 0 Å². The first-order chi connectivity index (χ1) is 9.45. The lowest BCUT2D eigenvalue weighted by Crippen LogP contribution is -2.39. The monoisotopic (exact) mass is 280 g/mol. The van der Waals surface area contributed by atoms with Crippen LogP contribution in [0.3, 0.4) is 0 Å². The van der Waals surface area contributed by atoms with Crippen molar-refractivity contribution in [2.24, 2.45) is 0 Å². The fraction of sp³-hybridized carbons (Fsp3) is 0.500. The third-order valence-corrected chi connectivity index (χ3v) is 2.98. The molecule has 0 saturated heterocycles. The summed E-state index contributed by atoms with van der Waals surface area (Å²) in [6.45, 7) is 4.33. The fourth-order valence-electron chi connectivity index (χ4n) is 1.97. The summed E-state index contributed by atoms with van der Waals surface area (Å²) < 4.78 is 0. The van der Waals surface area contributed by atoms with E-state index in [2.05, 4.69) is 0 Å². The predicted octanol–water partition coefficient (Wildman–Crippen LogP) is 1.76. The number of hydrogen-bond acceptors (Lipinski definition) is 4. The minimum atomic E-state index is -0.472. The van der Waals surface area contributed by atoms with Crippen LogP contribution in [0.4, 0.5) is 5.69 Å². The average Bonchev–Trinajstić information content (AvgIpc) is 2.39. The van der Waals surface area contributed by atoms with Gasteiger partial charge in [0.1, 0.15) is 0 Å². The molecule has 1 amide bonds. The highest BCUT2D eigenvalue weighted by Gasteiger charge is 2.17. The Morgan fingerprint density at radius 2 is 2.15 bits per heavy atom. The molecule has 0 fully saturated rings. The molecule has 1 rings (SSSR count). The van der Waals surface area contributed by atoms with Crippen LogP contribution < -0.4 is 0 Å². The van der Waals surface area contributed by atoms with E-state index in [1.54, 1.807) is 17.0 Å². The van der Waals surface area contributed by atoms with Crippen LogP contribution >= 0.6 is 0 Å². The topological polar surface area (TPSA) is 83.7 Å². The van der Waals surface area contributed by atoms with Crippen LogP contribution in [-0.2, 0) is 11.2 Å². The molecule has 1 aromatic carbocycles. The summed E-state index contributed by atoms with van der Waals surface area (Å²) in [5, 5.41) is 19.6. The van der Waals surface area contributed by atoms with Gasteiger partial charge in [0, 0.05) is 31.3 Å². The number of carbonyl (C=O) groups excluding carboxylic acids is 1. The Morgan fingerprint density at radius 1 is 1.45 bits per heavy atom. The van der Waals surface area contributed by atoms with Gasteiger partial charge in [0.05, 0.1) is 11.3 Å². The Hall–Kier alpha value is -1.95. The Bertz CT molecular complexity index is 474. The van der Waals surface area contributed by atoms with E-state index in [9.17, 15) is 14.9 Å². The number of aliphatic hydroxyl groups is 1. The van der Waals surface area contributed by atoms with E-state index in [-0.39, 0.29) is 30.7 Å². The van der Waals surface area contributed by atoms with Crippen LogP contribution in [0.1, 0.15) is 25.8 Å². The van der Waals surface area contributed by atoms with Gasteiger partial charge >= 0.3 is 0 Å². The molecule has 110 valence electrons. The first-order valence-corrected chi connectivity index (χ1v) is 6.59. The van der Waals surface area contributed by atoms with Crippen LogP contribution in [0.15, 0.2) is 24.3 Å². The van der Waals surface area contributed by atoms with Gasteiger partial charge in [-0.25, -0.2) is 0 Å². The van der Waals surface area contributed by atoms with Crippen molar-refractivity contribution in [3.63, 3.8) is 0 Å². The van der Waals surface area contributed by atoms with E-state index in [0.29, 0.717) is 18.5 Å². The van der Waals surface area contributed by atoms with Gasteiger partial charge in [-0.2, -0.15) is 0 Å². The summed E-state index contributed by atoms with van der Waals surface area (Å²) in [5.41, 5.74) is 0.612. The van der Waals surface area contributed by atoms with E-state index in [0.717, 1.165) is 0 Å². The Kier molecular flexibility index (Phi) is 6.11. The van der Waals surface area contributed by atoms with Crippen LogP contribution in [-0.4, -0.2) is 40.0 Å². The maximum Gasteiger partial charge on any atom is 0.269 e. The molecule has 0 unspecified atom stereocenters. The molecule has 0 aromatic heterocycles. The fourth-order valence-corrected chi connectivity index (χ4v) is 1.97. The Morgan fingerprint density at radius 3 is 2.70 bits per heavy atom. The first-order valence-electron chi connectivity index (χ1n) is 6.59. The minimum Gasteiger partial charge on any atom is -0.396 e. The quantitative estimate of drug-likeness (QED) is 0.609. The number of benzene rings is 1. The minimum absolute atomic E-state index is 0.0123. The zero-order valence-corrected chi connectivity index (χ0v) is 11.8. The molecule has 0 aliphatic carbocycles. The summed E-state index contributed by atoms with van der Waals surface area (Å²) in [6, 6.07) is 6.14. The summed E-state index contributed by atoms with van der Waals surface area (Å²) in [6.07, 6.45) is 0.657. The van der Waals surface area contributed by atoms with Crippen LogP contribution in [0, 0.1) is 10.1 Å². The Labute approximate surface area is 118 Å². The SMILES string of the molecule is CC(C)N(CCCO)C(=O)Cc1cccc([N+](=O)[O-])c1. The Balaban J connectivity index is 2.77. The van der Waals surface area contributed by atoms with Gasteiger partial charge < -0.3 is 10.0 Å². The second-order valence-corrected chi connectivity index (χ2v) is 4.86. The number of nitro benzene ring substituents is 1. The summed E-state index contributed by atoms with van der Waals surface area (Å²) in [5.74, 6) is -0.0889. The van der Waals surface area contributed by atoms with Gasteiger partial charge in [0.2, 0.25) is 5.91 Å². The molecule has 0 heterocycles. The molecule has 1 aromatic rings. The third kappa shape index (κ3) is 4.62. The van der Waals surface area contributed by atoms with Crippen molar-refractivity contribution in [3.8, 4) is 0 Å². The van der Waals surface area contributed by atoms with Gasteiger partial charge in [-0.05, 0) is 25.8 Å². The molecule has 0 bridgehead atoms. The van der Waals surface area contributed by atoms with Gasteiger partial charge in [-0.1, -0.05) is 12.1 Å². The van der Waals surface area contributed by atoms with Crippen molar-refractivity contribution in [2.45, 2.75) is 32.7 Å². The van der Waals surface area contributed by atoms with Gasteiger partial charge in [-0.15, -0.1) is 0 Å². The third-order valence-electron chi connectivity index (χ3n) is 2.98. The standard InChI is InChI=1S/C14H20N2O4/c1-11(2)15(7-4-8-17)14(18)10-12-5-3-6-13(9-12)16(19)20/h3,5-6,9,11,17H,4,7-8,10H2,1-2H3. The van der Waals surface area contributed by atoms with E-state index in [1.807, 2.05) is 13.8 Å². The highest BCUT2D eigenvalue weighted by molar-refractivity contribution is 5.79. The van der Waals surface area contributed by atoms with E-state index < -0.39 is 4.92 Å². The lowest BCUT2D eigenvalue weighted by Gasteiger charge is -2.26. The number of rotatable bonds is 7. The lowest BCUT2D eigenvalue weighted by molar-refractivity contribution is -0.384. The van der Waals surface area contributed by atoms with E-state index in [4.69, 9.17) is 5.11 Å². The maximum atomic E-state index is 12.2. The van der Waals surface area contributed by atoms with Gasteiger partial charge in [0.15, 0.2) is 0 Å². The molecule has 0 radical (unpaired) electrons. The number of aliphatic hydroxyl groups excluding tert-OH is 1. The largest absolute Gasteiger partial charge is 0.396 e. The first kappa shape index (κ1) is 16.1. The second kappa shape index (κ2) is 7.59. The van der Waals surface area contributed by atoms with Crippen molar-refractivity contribution < 1.29 is 14.8 Å². The van der Waals surface area contributed by atoms with Gasteiger partial charge in [-0.3, -0.25) is 14.9 Å². The predicted molar refractivity (Wildman–Crippen MR) is 75.4 cm³/mol. The summed E-state index contributed by atoms with van der Waals surface area (Å²) >= 11 is 0. The highest BCUT2D eigenvalue weighted by Crippen LogP contribution is 2.15. The van der Waals surface area contributed by atoms with Crippen LogP contribution in [0.5, 0.6) is 0 Å². The highest BCUT2D eigenvalue weighted by atomic mass is 16.6. The maximum absolute atomic E-state index is 12.2. The van der Waals surface area contributed by atoms with Crippen LogP contribution in [0.2, 0.25) is 0 Å². The molecule has 6 nitrogen and oxygen atoms in total. The molecular weight excluding hydrogens is 260 g/mol. The van der Waals surface area contributed by atoms with Crippen molar-refractivity contribution in [3.05, 3.63) is 39.9 Å². The summed E-state index contributed by atoms with van der Waals surface area (Å²) in [4.78, 5) is 24.1. The zero-order chi connectivity index (χ0) is 15.1. The van der Waals surface area contributed by atoms with Crippen molar-refractivity contribution >= 4 is 11.6 Å². The van der Waals surface area contributed by atoms with Gasteiger partial charge in [0.25, 0.3) is 5.69 Å². The normalized spacial score (nSPS) is 10.6. The molecular formula is C14H20N2O4. The molecule has 1 N–H and O–H groups in total.